The van der Waals surface area contributed by atoms with Crippen LogP contribution in [-0.4, -0.2) is 13.1 Å². The van der Waals surface area contributed by atoms with Crippen LogP contribution in [0.25, 0.3) is 0 Å². The van der Waals surface area contributed by atoms with E-state index in [-0.39, 0.29) is 5.41 Å². The lowest BCUT2D eigenvalue weighted by Gasteiger charge is -2.26. The van der Waals surface area contributed by atoms with Crippen molar-refractivity contribution in [3.63, 3.8) is 0 Å². The zero-order valence-corrected chi connectivity index (χ0v) is 9.94. The van der Waals surface area contributed by atoms with Crippen molar-refractivity contribution < 1.29 is 10.2 Å². The summed E-state index contributed by atoms with van der Waals surface area (Å²) < 4.78 is 13.7. The fourth-order valence-electron chi connectivity index (χ4n) is 1.91. The molecule has 0 radical (unpaired) electrons. The molecule has 2 aromatic rings. The largest absolute Gasteiger partial charge is 0.508 e. The Morgan fingerprint density at radius 2 is 1.12 bits per heavy atom. The Labute approximate surface area is 104 Å². The molecule has 0 heterocycles. The van der Waals surface area contributed by atoms with Crippen LogP contribution in [-0.2, 0) is 5.41 Å². The van der Waals surface area contributed by atoms with Gasteiger partial charge in [-0.05, 0) is 35.4 Å². The highest BCUT2D eigenvalue weighted by molar-refractivity contribution is 5.41. The van der Waals surface area contributed by atoms with E-state index in [1.165, 1.54) is 0 Å². The first-order valence-electron chi connectivity index (χ1n) is 6.37. The minimum Gasteiger partial charge on any atom is -0.508 e. The average molecular weight is 230 g/mol. The van der Waals surface area contributed by atoms with Gasteiger partial charge in [0.1, 0.15) is 11.5 Å². The van der Waals surface area contributed by atoms with Gasteiger partial charge in [-0.3, -0.25) is 0 Å². The summed E-state index contributed by atoms with van der Waals surface area (Å²) in [6, 6.07) is 15.0. The van der Waals surface area contributed by atoms with Gasteiger partial charge >= 0.3 is 0 Å². The Bertz CT molecular complexity index is 484. The van der Waals surface area contributed by atoms with Crippen molar-refractivity contribution in [2.75, 3.05) is 0 Å². The Morgan fingerprint density at radius 1 is 0.765 bits per heavy atom. The predicted octanol–water partition coefficient (Wildman–Crippen LogP) is 3.42. The van der Waals surface area contributed by atoms with E-state index in [1.54, 1.807) is 24.3 Å². The molecule has 0 spiro atoms. The van der Waals surface area contributed by atoms with E-state index >= 15 is 0 Å². The molecular formula is C15H16O2. The summed E-state index contributed by atoms with van der Waals surface area (Å²) >= 11 is 0. The van der Waals surface area contributed by atoms with Crippen molar-refractivity contribution >= 4 is 0 Å². The minimum atomic E-state index is -0.166. The first-order valence-corrected chi connectivity index (χ1v) is 5.55. The van der Waals surface area contributed by atoms with Gasteiger partial charge in [-0.25, -0.2) is 0 Å². The van der Waals surface area contributed by atoms with Crippen LogP contribution in [0.1, 0.15) is 25.0 Å². The molecule has 2 rings (SSSR count). The number of phenols is 2. The van der Waals surface area contributed by atoms with Crippen molar-refractivity contribution in [1.29, 1.82) is 2.86 Å². The molecule has 2 nitrogen and oxygen atoms in total. The first kappa shape index (κ1) is 9.11. The molecular weight excluding hydrogens is 212 g/mol. The fourth-order valence-corrected chi connectivity index (χ4v) is 1.91. The normalized spacial score (nSPS) is 12.6. The summed E-state index contributed by atoms with van der Waals surface area (Å²) in [6.45, 7) is 4.25. The average Bonchev–Trinajstić information content (AvgIpc) is 2.47. The number of benzene rings is 2. The Hall–Kier alpha value is -1.96. The van der Waals surface area contributed by atoms with Crippen molar-refractivity contribution in [2.24, 2.45) is 0 Å². The fraction of sp³-hybridized carbons (Fsp3) is 0.200. The van der Waals surface area contributed by atoms with Crippen LogP contribution >= 0.6 is 0 Å². The molecule has 0 aliphatic carbocycles. The van der Waals surface area contributed by atoms with Crippen LogP contribution in [0, 0.1) is 0 Å². The minimum absolute atomic E-state index is 0.166. The highest BCUT2D eigenvalue weighted by atomic mass is 16.3. The topological polar surface area (TPSA) is 40.5 Å². The third-order valence-electron chi connectivity index (χ3n) is 3.15. The van der Waals surface area contributed by atoms with E-state index in [2.05, 4.69) is 24.1 Å². The van der Waals surface area contributed by atoms with Crippen LogP contribution < -0.4 is 0 Å². The van der Waals surface area contributed by atoms with E-state index < -0.39 is 0 Å². The van der Waals surface area contributed by atoms with E-state index in [0.717, 1.165) is 11.1 Å². The molecule has 0 saturated heterocycles. The van der Waals surface area contributed by atoms with Crippen molar-refractivity contribution in [3.8, 4) is 11.5 Å². The zero-order valence-electron chi connectivity index (χ0n) is 11.9. The summed E-state index contributed by atoms with van der Waals surface area (Å²) in [6.07, 6.45) is 0. The second kappa shape index (κ2) is 4.13. The van der Waals surface area contributed by atoms with Crippen LogP contribution in [0.5, 0.6) is 11.5 Å². The van der Waals surface area contributed by atoms with Crippen LogP contribution in [0.15, 0.2) is 48.5 Å². The monoisotopic (exact) mass is 230 g/mol. The molecule has 2 aromatic carbocycles. The van der Waals surface area contributed by atoms with Crippen molar-refractivity contribution in [1.82, 2.24) is 0 Å². The summed E-state index contributed by atoms with van der Waals surface area (Å²) in [7, 11) is 0. The van der Waals surface area contributed by atoms with Crippen LogP contribution in [0.3, 0.4) is 0 Å². The Morgan fingerprint density at radius 3 is 1.41 bits per heavy atom. The zero-order chi connectivity index (χ0) is 13.9. The third-order valence-corrected chi connectivity index (χ3v) is 3.15. The molecule has 0 atom stereocenters. The first-order chi connectivity index (χ1) is 9.07. The van der Waals surface area contributed by atoms with Crippen molar-refractivity contribution in [3.05, 3.63) is 59.7 Å². The standard InChI is InChI=1S/C15H16O2/c1-15(2,11-3-7-13(16)8-4-11)12-5-9-14(17)10-6-12/h3-10,16-17H,1-2H3/i/hD2. The Kier molecular flexibility index (Phi) is 2.21. The third kappa shape index (κ3) is 2.26. The number of phenolic OH excluding ortho intramolecular Hbond substituents is 2. The maximum absolute atomic E-state index is 6.85. The maximum Gasteiger partial charge on any atom is 0.293 e. The molecule has 2 heteroatoms. The van der Waals surface area contributed by atoms with Crippen molar-refractivity contribution in [2.45, 2.75) is 19.3 Å². The van der Waals surface area contributed by atoms with Gasteiger partial charge in [-0.15, -0.1) is 0 Å². The molecule has 2 N–H and O–H groups in total. The van der Waals surface area contributed by atoms with Crippen LogP contribution in [0.2, 0.25) is 0 Å². The number of hydrogen-bond acceptors (Lipinski definition) is 2. The highest BCUT2D eigenvalue weighted by Crippen LogP contribution is 2.32. The quantitative estimate of drug-likeness (QED) is 0.844. The smallest absolute Gasteiger partial charge is 0.293 e. The lowest BCUT2D eigenvalue weighted by atomic mass is 9.78. The maximum atomic E-state index is 6.85. The SMILES string of the molecule is [2H]Oc1ccc(C(C)(C)c2ccc(O[2H])cc2)cc1. The van der Waals surface area contributed by atoms with Gasteiger partial charge in [0.2, 0.25) is 0 Å². The van der Waals surface area contributed by atoms with E-state index in [9.17, 15) is 0 Å². The molecule has 0 aliphatic rings. The van der Waals surface area contributed by atoms with Gasteiger partial charge < -0.3 is 10.2 Å². The van der Waals surface area contributed by atoms with Crippen LogP contribution in [0.4, 0.5) is 0 Å². The lowest BCUT2D eigenvalue weighted by Crippen LogP contribution is -2.18. The summed E-state index contributed by atoms with van der Waals surface area (Å²) in [4.78, 5) is 0. The van der Waals surface area contributed by atoms with Gasteiger partial charge in [0.05, 0.1) is 0 Å². The lowest BCUT2D eigenvalue weighted by molar-refractivity contribution is 0.474. The molecule has 0 fully saturated rings. The van der Waals surface area contributed by atoms with Gasteiger partial charge in [0, 0.05) is 5.41 Å². The van der Waals surface area contributed by atoms with E-state index in [1.807, 2.05) is 24.3 Å². The highest BCUT2D eigenvalue weighted by Gasteiger charge is 2.22. The predicted molar refractivity (Wildman–Crippen MR) is 68.3 cm³/mol. The summed E-state index contributed by atoms with van der Waals surface area (Å²) in [5.41, 5.74) is 2.10. The van der Waals surface area contributed by atoms with E-state index in [4.69, 9.17) is 2.86 Å². The summed E-state index contributed by atoms with van der Waals surface area (Å²) in [5.74, 6) is 1.05. The number of rotatable bonds is 4. The molecule has 0 bridgehead atoms. The molecule has 0 aliphatic heterocycles. The Balaban J connectivity index is 2.33. The van der Waals surface area contributed by atoms with E-state index in [0.29, 0.717) is 11.5 Å². The molecule has 0 saturated carbocycles. The molecule has 0 aromatic heterocycles. The van der Waals surface area contributed by atoms with Gasteiger partial charge in [-0.2, -0.15) is 0 Å². The number of aromatic hydroxyl groups is 2. The second-order valence-electron chi connectivity index (χ2n) is 4.67. The molecule has 17 heavy (non-hydrogen) atoms. The van der Waals surface area contributed by atoms with Gasteiger partial charge in [0.25, 0.3) is 2.86 Å². The molecule has 88 valence electrons. The summed E-state index contributed by atoms with van der Waals surface area (Å²) in [5, 5.41) is 8.86. The second-order valence-corrected chi connectivity index (χ2v) is 4.67. The molecule has 0 unspecified atom stereocenters. The number of hydrogen-bond donors (Lipinski definition) is 2. The van der Waals surface area contributed by atoms with Gasteiger partial charge in [-0.1, -0.05) is 38.1 Å². The van der Waals surface area contributed by atoms with Gasteiger partial charge in [0.15, 0.2) is 0 Å². The molecule has 0 amide bonds.